The summed E-state index contributed by atoms with van der Waals surface area (Å²) in [6.45, 7) is 5.74. The van der Waals surface area contributed by atoms with E-state index in [1.807, 2.05) is 6.92 Å². The molecule has 2 heterocycles. The predicted octanol–water partition coefficient (Wildman–Crippen LogP) is 3.76. The molecule has 1 N–H and O–H groups in total. The number of esters is 1. The quantitative estimate of drug-likeness (QED) is 0.341. The monoisotopic (exact) mass is 368 g/mol. The van der Waals surface area contributed by atoms with Gasteiger partial charge in [-0.25, -0.2) is 0 Å². The second-order valence-corrected chi connectivity index (χ2v) is 8.99. The van der Waals surface area contributed by atoms with Crippen LogP contribution in [0.2, 0.25) is 0 Å². The van der Waals surface area contributed by atoms with Crippen molar-refractivity contribution in [2.24, 2.45) is 5.92 Å². The van der Waals surface area contributed by atoms with E-state index < -0.39 is 11.7 Å². The van der Waals surface area contributed by atoms with E-state index >= 15 is 0 Å². The smallest absolute Gasteiger partial charge is 0.306 e. The summed E-state index contributed by atoms with van der Waals surface area (Å²) in [4.78, 5) is 12.2. The average Bonchev–Trinajstić information content (AvgIpc) is 3.51. The highest BCUT2D eigenvalue weighted by Gasteiger charge is 2.53. The van der Waals surface area contributed by atoms with Gasteiger partial charge in [0.2, 0.25) is 0 Å². The number of aliphatic hydroxyl groups is 1. The zero-order chi connectivity index (χ0) is 18.6. The predicted molar refractivity (Wildman–Crippen MR) is 98.9 cm³/mol. The first-order chi connectivity index (χ1) is 12.4. The Morgan fingerprint density at radius 1 is 1.15 bits per heavy atom. The molecule has 0 radical (unpaired) electrons. The standard InChI is InChI=1S/C21H36O5/c1-20(12-11-16(13-18(20)22)21(2)15-25-21)26-19(23)10-8-6-4-3-5-7-9-17-14-24-17/h16-18,22H,3-15H2,1-2H3. The molecule has 0 spiro atoms. The van der Waals surface area contributed by atoms with Crippen molar-refractivity contribution in [3.05, 3.63) is 0 Å². The fourth-order valence-corrected chi connectivity index (χ4v) is 4.18. The van der Waals surface area contributed by atoms with Gasteiger partial charge in [0, 0.05) is 6.42 Å². The fourth-order valence-electron chi connectivity index (χ4n) is 4.18. The largest absolute Gasteiger partial charge is 0.457 e. The van der Waals surface area contributed by atoms with Gasteiger partial charge in [0.25, 0.3) is 0 Å². The summed E-state index contributed by atoms with van der Waals surface area (Å²) < 4.78 is 16.4. The third kappa shape index (κ3) is 5.67. The van der Waals surface area contributed by atoms with Gasteiger partial charge in [-0.1, -0.05) is 32.1 Å². The molecule has 0 bridgehead atoms. The average molecular weight is 369 g/mol. The van der Waals surface area contributed by atoms with Crippen LogP contribution in [-0.2, 0) is 19.0 Å². The molecule has 0 aromatic rings. The second-order valence-electron chi connectivity index (χ2n) is 8.99. The van der Waals surface area contributed by atoms with Crippen molar-refractivity contribution >= 4 is 5.97 Å². The van der Waals surface area contributed by atoms with E-state index in [0.717, 1.165) is 32.5 Å². The lowest BCUT2D eigenvalue weighted by atomic mass is 9.73. The molecule has 0 aromatic carbocycles. The number of rotatable bonds is 11. The highest BCUT2D eigenvalue weighted by Crippen LogP contribution is 2.46. The molecule has 5 nitrogen and oxygen atoms in total. The summed E-state index contributed by atoms with van der Waals surface area (Å²) in [5, 5.41) is 10.5. The molecule has 5 heteroatoms. The van der Waals surface area contributed by atoms with Gasteiger partial charge in [0.05, 0.1) is 31.0 Å². The summed E-state index contributed by atoms with van der Waals surface area (Å²) in [6, 6.07) is 0. The normalized spacial score (nSPS) is 38.8. The van der Waals surface area contributed by atoms with Crippen molar-refractivity contribution in [1.82, 2.24) is 0 Å². The van der Waals surface area contributed by atoms with Gasteiger partial charge in [-0.3, -0.25) is 4.79 Å². The lowest BCUT2D eigenvalue weighted by molar-refractivity contribution is -0.180. The Morgan fingerprint density at radius 2 is 1.81 bits per heavy atom. The molecule has 0 aromatic heterocycles. The van der Waals surface area contributed by atoms with E-state index in [1.54, 1.807) is 0 Å². The maximum absolute atomic E-state index is 12.2. The van der Waals surface area contributed by atoms with Gasteiger partial charge in [-0.15, -0.1) is 0 Å². The van der Waals surface area contributed by atoms with Crippen molar-refractivity contribution in [3.63, 3.8) is 0 Å². The number of aliphatic hydroxyl groups excluding tert-OH is 1. The number of ether oxygens (including phenoxy) is 3. The van der Waals surface area contributed by atoms with Crippen LogP contribution in [0.25, 0.3) is 0 Å². The first-order valence-corrected chi connectivity index (χ1v) is 10.6. The van der Waals surface area contributed by atoms with Gasteiger partial charge in [0.15, 0.2) is 0 Å². The molecule has 1 aliphatic carbocycles. The van der Waals surface area contributed by atoms with Crippen LogP contribution in [0.1, 0.15) is 84.5 Å². The number of unbranched alkanes of at least 4 members (excludes halogenated alkanes) is 5. The molecular formula is C21H36O5. The van der Waals surface area contributed by atoms with E-state index in [4.69, 9.17) is 14.2 Å². The van der Waals surface area contributed by atoms with Crippen LogP contribution < -0.4 is 0 Å². The Bertz CT molecular complexity index is 471. The molecular weight excluding hydrogens is 332 g/mol. The highest BCUT2D eigenvalue weighted by molar-refractivity contribution is 5.69. The van der Waals surface area contributed by atoms with Crippen molar-refractivity contribution < 1.29 is 24.1 Å². The van der Waals surface area contributed by atoms with Gasteiger partial charge in [-0.2, -0.15) is 0 Å². The minimum Gasteiger partial charge on any atom is -0.457 e. The molecule has 3 fully saturated rings. The molecule has 2 saturated heterocycles. The van der Waals surface area contributed by atoms with E-state index in [-0.39, 0.29) is 11.6 Å². The molecule has 3 rings (SSSR count). The number of hydrogen-bond acceptors (Lipinski definition) is 5. The van der Waals surface area contributed by atoms with Crippen molar-refractivity contribution in [1.29, 1.82) is 0 Å². The zero-order valence-corrected chi connectivity index (χ0v) is 16.5. The molecule has 0 amide bonds. The topological polar surface area (TPSA) is 71.6 Å². The lowest BCUT2D eigenvalue weighted by Crippen LogP contribution is -2.49. The molecule has 5 atom stereocenters. The van der Waals surface area contributed by atoms with Crippen LogP contribution in [-0.4, -0.2) is 47.7 Å². The Balaban J connectivity index is 1.25. The summed E-state index contributed by atoms with van der Waals surface area (Å²) in [7, 11) is 0. The lowest BCUT2D eigenvalue weighted by Gasteiger charge is -2.42. The molecule has 2 aliphatic heterocycles. The first-order valence-electron chi connectivity index (χ1n) is 10.6. The third-order valence-electron chi connectivity index (χ3n) is 6.57. The second kappa shape index (κ2) is 8.57. The summed E-state index contributed by atoms with van der Waals surface area (Å²) in [6.07, 6.45) is 10.8. The SMILES string of the molecule is CC1(OC(=O)CCCCCCCCC2CO2)CCC(C2(C)CO2)CC1O. The number of hydrogen-bond donors (Lipinski definition) is 1. The molecule has 150 valence electrons. The highest BCUT2D eigenvalue weighted by atomic mass is 16.6. The van der Waals surface area contributed by atoms with Crippen LogP contribution in [0, 0.1) is 5.92 Å². The van der Waals surface area contributed by atoms with Crippen LogP contribution >= 0.6 is 0 Å². The molecule has 3 aliphatic rings. The van der Waals surface area contributed by atoms with Crippen molar-refractivity contribution in [3.8, 4) is 0 Å². The van der Waals surface area contributed by atoms with Gasteiger partial charge in [0.1, 0.15) is 5.60 Å². The van der Waals surface area contributed by atoms with Crippen LogP contribution in [0.15, 0.2) is 0 Å². The maximum Gasteiger partial charge on any atom is 0.306 e. The number of epoxide rings is 2. The molecule has 26 heavy (non-hydrogen) atoms. The molecule has 1 saturated carbocycles. The van der Waals surface area contributed by atoms with E-state index in [9.17, 15) is 9.90 Å². The van der Waals surface area contributed by atoms with Crippen molar-refractivity contribution in [2.45, 2.75) is 108 Å². The molecule has 5 unspecified atom stereocenters. The minimum absolute atomic E-state index is 0.0575. The summed E-state index contributed by atoms with van der Waals surface area (Å²) in [5.41, 5.74) is -0.790. The summed E-state index contributed by atoms with van der Waals surface area (Å²) in [5.74, 6) is 0.209. The number of carbonyl (C=O) groups excluding carboxylic acids is 1. The zero-order valence-electron chi connectivity index (χ0n) is 16.5. The van der Waals surface area contributed by atoms with Gasteiger partial charge < -0.3 is 19.3 Å². The van der Waals surface area contributed by atoms with Crippen LogP contribution in [0.4, 0.5) is 0 Å². The van der Waals surface area contributed by atoms with E-state index in [1.165, 1.54) is 32.1 Å². The maximum atomic E-state index is 12.2. The fraction of sp³-hybridized carbons (Fsp3) is 0.952. The summed E-state index contributed by atoms with van der Waals surface area (Å²) >= 11 is 0. The third-order valence-corrected chi connectivity index (χ3v) is 6.57. The first kappa shape index (κ1) is 20.1. The van der Waals surface area contributed by atoms with Crippen molar-refractivity contribution in [2.75, 3.05) is 13.2 Å². The van der Waals surface area contributed by atoms with E-state index in [2.05, 4.69) is 6.92 Å². The van der Waals surface area contributed by atoms with Crippen LogP contribution in [0.5, 0.6) is 0 Å². The minimum atomic E-state index is -0.732. The van der Waals surface area contributed by atoms with E-state index in [0.29, 0.717) is 31.3 Å². The number of carbonyl (C=O) groups is 1. The Labute approximate surface area is 157 Å². The van der Waals surface area contributed by atoms with Gasteiger partial charge >= 0.3 is 5.97 Å². The van der Waals surface area contributed by atoms with Crippen LogP contribution in [0.3, 0.4) is 0 Å². The Morgan fingerprint density at radius 3 is 2.42 bits per heavy atom. The van der Waals surface area contributed by atoms with Gasteiger partial charge in [-0.05, 0) is 51.9 Å². The Kier molecular flexibility index (Phi) is 6.63. The Hall–Kier alpha value is -0.650.